The van der Waals surface area contributed by atoms with Gasteiger partial charge in [-0.3, -0.25) is 4.79 Å². The molecule has 4 aliphatic rings. The van der Waals surface area contributed by atoms with Crippen LogP contribution in [0.1, 0.15) is 65.7 Å². The molecule has 22 heavy (non-hydrogen) atoms. The van der Waals surface area contributed by atoms with Gasteiger partial charge in [-0.05, 0) is 79.1 Å². The quantitative estimate of drug-likeness (QED) is 0.730. The van der Waals surface area contributed by atoms with Gasteiger partial charge in [0.1, 0.15) is 0 Å². The highest BCUT2D eigenvalue weighted by Crippen LogP contribution is 2.66. The molecule has 2 nitrogen and oxygen atoms in total. The standard InChI is InChI=1S/C20H30O2/c1-12-11-20(3)16(6-7-17(20)22)15-5-4-13-10-14(21)8-9-19(13,2)18(12)15/h10,12,15-18,22H,4-9,11H2,1-3H3/t12-,15?,16+,17?,18+,19+,20?/m1/s1. The van der Waals surface area contributed by atoms with Crippen LogP contribution in [0.5, 0.6) is 0 Å². The highest BCUT2D eigenvalue weighted by Gasteiger charge is 2.60. The van der Waals surface area contributed by atoms with Crippen LogP contribution in [-0.2, 0) is 4.79 Å². The second-order valence-corrected chi connectivity index (χ2v) is 9.17. The monoisotopic (exact) mass is 302 g/mol. The number of fused-ring (bicyclic) bond motifs is 5. The lowest BCUT2D eigenvalue weighted by atomic mass is 9.45. The van der Waals surface area contributed by atoms with E-state index in [4.69, 9.17) is 0 Å². The summed E-state index contributed by atoms with van der Waals surface area (Å²) in [6, 6.07) is 0. The number of carbonyl (C=O) groups excluding carboxylic acids is 1. The van der Waals surface area contributed by atoms with Gasteiger partial charge in [0.15, 0.2) is 5.78 Å². The Balaban J connectivity index is 1.74. The van der Waals surface area contributed by atoms with Gasteiger partial charge in [-0.15, -0.1) is 0 Å². The summed E-state index contributed by atoms with van der Waals surface area (Å²) in [6.45, 7) is 7.20. The molecule has 122 valence electrons. The molecule has 0 aromatic carbocycles. The number of hydrogen-bond acceptors (Lipinski definition) is 2. The van der Waals surface area contributed by atoms with Crippen molar-refractivity contribution in [2.45, 2.75) is 71.8 Å². The number of aliphatic hydroxyl groups is 1. The highest BCUT2D eigenvalue weighted by molar-refractivity contribution is 5.91. The summed E-state index contributed by atoms with van der Waals surface area (Å²) >= 11 is 0. The highest BCUT2D eigenvalue weighted by atomic mass is 16.3. The first kappa shape index (κ1) is 14.9. The van der Waals surface area contributed by atoms with Crippen LogP contribution in [0, 0.1) is 34.5 Å². The summed E-state index contributed by atoms with van der Waals surface area (Å²) in [5, 5.41) is 10.6. The van der Waals surface area contributed by atoms with Gasteiger partial charge in [-0.2, -0.15) is 0 Å². The van der Waals surface area contributed by atoms with Crippen LogP contribution < -0.4 is 0 Å². The van der Waals surface area contributed by atoms with Crippen molar-refractivity contribution in [2.75, 3.05) is 0 Å². The first-order valence-electron chi connectivity index (χ1n) is 9.28. The molecule has 3 unspecified atom stereocenters. The molecule has 4 rings (SSSR count). The Morgan fingerprint density at radius 3 is 2.73 bits per heavy atom. The average molecular weight is 302 g/mol. The molecular weight excluding hydrogens is 272 g/mol. The predicted octanol–water partition coefficient (Wildman–Crippen LogP) is 4.13. The molecule has 3 fully saturated rings. The minimum atomic E-state index is -0.0985. The zero-order valence-corrected chi connectivity index (χ0v) is 14.3. The maximum absolute atomic E-state index is 11.9. The molecule has 2 heteroatoms. The van der Waals surface area contributed by atoms with Gasteiger partial charge in [0, 0.05) is 6.42 Å². The van der Waals surface area contributed by atoms with Crippen molar-refractivity contribution < 1.29 is 9.90 Å². The Bertz CT molecular complexity index is 536. The Kier molecular flexibility index (Phi) is 3.18. The molecule has 0 saturated heterocycles. The molecule has 7 atom stereocenters. The second-order valence-electron chi connectivity index (χ2n) is 9.17. The largest absolute Gasteiger partial charge is 0.393 e. The minimum absolute atomic E-state index is 0.0985. The Hall–Kier alpha value is -0.630. The Morgan fingerprint density at radius 2 is 1.95 bits per heavy atom. The molecule has 0 aromatic heterocycles. The number of allylic oxidation sites excluding steroid dienone is 1. The normalized spacial score (nSPS) is 54.3. The lowest BCUT2D eigenvalue weighted by Gasteiger charge is -2.60. The van der Waals surface area contributed by atoms with Gasteiger partial charge in [0.05, 0.1) is 6.10 Å². The van der Waals surface area contributed by atoms with Gasteiger partial charge < -0.3 is 5.11 Å². The van der Waals surface area contributed by atoms with Gasteiger partial charge in [0.25, 0.3) is 0 Å². The van der Waals surface area contributed by atoms with E-state index < -0.39 is 0 Å². The molecular formula is C20H30O2. The summed E-state index contributed by atoms with van der Waals surface area (Å²) in [7, 11) is 0. The van der Waals surface area contributed by atoms with Crippen LogP contribution >= 0.6 is 0 Å². The van der Waals surface area contributed by atoms with Crippen LogP contribution in [0.15, 0.2) is 11.6 Å². The molecule has 0 radical (unpaired) electrons. The number of hydrogen-bond donors (Lipinski definition) is 1. The smallest absolute Gasteiger partial charge is 0.155 e. The molecule has 0 amide bonds. The minimum Gasteiger partial charge on any atom is -0.393 e. The molecule has 0 aliphatic heterocycles. The zero-order valence-electron chi connectivity index (χ0n) is 14.3. The fourth-order valence-electron chi connectivity index (χ4n) is 7.24. The molecule has 1 N–H and O–H groups in total. The SMILES string of the molecule is C[C@@H]1CC2(C)C(O)CC[C@H]2C2CCC3=CC(=O)CC[C@]3(C)[C@H]21. The summed E-state index contributed by atoms with van der Waals surface area (Å²) in [6.07, 6.45) is 9.39. The lowest BCUT2D eigenvalue weighted by Crippen LogP contribution is -2.54. The summed E-state index contributed by atoms with van der Waals surface area (Å²) in [5.74, 6) is 3.15. The van der Waals surface area contributed by atoms with E-state index in [-0.39, 0.29) is 16.9 Å². The summed E-state index contributed by atoms with van der Waals surface area (Å²) in [4.78, 5) is 11.9. The molecule has 0 spiro atoms. The summed E-state index contributed by atoms with van der Waals surface area (Å²) in [5.41, 5.74) is 1.83. The van der Waals surface area contributed by atoms with Crippen LogP contribution in [0.2, 0.25) is 0 Å². The number of carbonyl (C=O) groups is 1. The molecule has 4 aliphatic carbocycles. The van der Waals surface area contributed by atoms with E-state index in [1.807, 2.05) is 6.08 Å². The van der Waals surface area contributed by atoms with E-state index in [9.17, 15) is 9.90 Å². The average Bonchev–Trinajstić information content (AvgIpc) is 2.75. The number of rotatable bonds is 0. The first-order chi connectivity index (χ1) is 10.4. The fraction of sp³-hybridized carbons (Fsp3) is 0.850. The van der Waals surface area contributed by atoms with E-state index in [0.29, 0.717) is 23.5 Å². The molecule has 0 bridgehead atoms. The lowest BCUT2D eigenvalue weighted by molar-refractivity contribution is -0.121. The van der Waals surface area contributed by atoms with Gasteiger partial charge in [-0.1, -0.05) is 26.3 Å². The third-order valence-corrected chi connectivity index (χ3v) is 8.15. The van der Waals surface area contributed by atoms with Crippen molar-refractivity contribution in [3.05, 3.63) is 11.6 Å². The fourth-order valence-corrected chi connectivity index (χ4v) is 7.24. The zero-order chi connectivity index (χ0) is 15.7. The summed E-state index contributed by atoms with van der Waals surface area (Å²) < 4.78 is 0. The van der Waals surface area contributed by atoms with Crippen molar-refractivity contribution in [3.8, 4) is 0 Å². The van der Waals surface area contributed by atoms with E-state index in [1.165, 1.54) is 18.4 Å². The first-order valence-corrected chi connectivity index (χ1v) is 9.28. The third kappa shape index (κ3) is 1.79. The maximum Gasteiger partial charge on any atom is 0.155 e. The van der Waals surface area contributed by atoms with E-state index >= 15 is 0 Å². The van der Waals surface area contributed by atoms with Gasteiger partial charge >= 0.3 is 0 Å². The van der Waals surface area contributed by atoms with Crippen LogP contribution in [0.4, 0.5) is 0 Å². The Labute approximate surface area is 134 Å². The van der Waals surface area contributed by atoms with Crippen molar-refractivity contribution in [1.29, 1.82) is 0 Å². The van der Waals surface area contributed by atoms with Gasteiger partial charge in [0.2, 0.25) is 0 Å². The topological polar surface area (TPSA) is 37.3 Å². The van der Waals surface area contributed by atoms with Crippen molar-refractivity contribution >= 4 is 5.78 Å². The van der Waals surface area contributed by atoms with Gasteiger partial charge in [-0.25, -0.2) is 0 Å². The van der Waals surface area contributed by atoms with Crippen LogP contribution in [0.25, 0.3) is 0 Å². The van der Waals surface area contributed by atoms with Crippen LogP contribution in [0.3, 0.4) is 0 Å². The van der Waals surface area contributed by atoms with E-state index in [2.05, 4.69) is 20.8 Å². The van der Waals surface area contributed by atoms with E-state index in [0.717, 1.165) is 38.0 Å². The Morgan fingerprint density at radius 1 is 1.18 bits per heavy atom. The second kappa shape index (κ2) is 4.69. The molecule has 0 aromatic rings. The predicted molar refractivity (Wildman–Crippen MR) is 87.3 cm³/mol. The van der Waals surface area contributed by atoms with Crippen molar-refractivity contribution in [2.24, 2.45) is 34.5 Å². The van der Waals surface area contributed by atoms with Crippen molar-refractivity contribution in [3.63, 3.8) is 0 Å². The number of ketones is 1. The maximum atomic E-state index is 11.9. The third-order valence-electron chi connectivity index (χ3n) is 8.15. The molecule has 0 heterocycles. The molecule has 3 saturated carbocycles. The van der Waals surface area contributed by atoms with Crippen LogP contribution in [-0.4, -0.2) is 17.0 Å². The van der Waals surface area contributed by atoms with E-state index in [1.54, 1.807) is 0 Å². The number of aliphatic hydroxyl groups excluding tert-OH is 1. The van der Waals surface area contributed by atoms with Crippen molar-refractivity contribution in [1.82, 2.24) is 0 Å².